The van der Waals surface area contributed by atoms with Gasteiger partial charge in [-0.3, -0.25) is 19.3 Å². The number of methoxy groups -OCH3 is 3. The van der Waals surface area contributed by atoms with Gasteiger partial charge in [-0.15, -0.1) is 0 Å². The Morgan fingerprint density at radius 3 is 1.66 bits per heavy atom. The Kier molecular flexibility index (Phi) is 6.86. The summed E-state index contributed by atoms with van der Waals surface area (Å²) in [5.74, 6) is -0.632. The summed E-state index contributed by atoms with van der Waals surface area (Å²) in [6, 6.07) is 9.75. The average molecular weight is 596 g/mol. The highest BCUT2D eigenvalue weighted by molar-refractivity contribution is 6.55. The Labute approximate surface area is 237 Å². The first-order chi connectivity index (χ1) is 18.2. The maximum atomic E-state index is 13.7. The number of ether oxygens (including phenoxy) is 3. The number of halogens is 4. The third kappa shape index (κ3) is 3.78. The van der Waals surface area contributed by atoms with Crippen molar-refractivity contribution >= 4 is 69.8 Å². The predicted molar refractivity (Wildman–Crippen MR) is 144 cm³/mol. The van der Waals surface area contributed by atoms with Crippen LogP contribution in [-0.4, -0.2) is 50.0 Å². The zero-order valence-corrected chi connectivity index (χ0v) is 23.1. The number of fused-ring (bicyclic) bond motifs is 1. The third-order valence-corrected chi connectivity index (χ3v) is 8.39. The number of benzene rings is 3. The lowest BCUT2D eigenvalue weighted by molar-refractivity contribution is -0.130. The molecule has 1 saturated heterocycles. The molecule has 0 N–H and O–H groups in total. The minimum atomic E-state index is -1.25. The van der Waals surface area contributed by atoms with Crippen molar-refractivity contribution in [3.63, 3.8) is 0 Å². The number of rotatable bonds is 6. The highest BCUT2D eigenvalue weighted by Crippen LogP contribution is 2.50. The summed E-state index contributed by atoms with van der Waals surface area (Å²) in [4.78, 5) is 43.3. The summed E-state index contributed by atoms with van der Waals surface area (Å²) in [7, 11) is 4.50. The number of β-lactam (4-membered cyclic amide) rings is 1. The van der Waals surface area contributed by atoms with Gasteiger partial charge < -0.3 is 19.1 Å². The van der Waals surface area contributed by atoms with E-state index in [1.54, 1.807) is 42.5 Å². The fraction of sp³-hybridized carbons (Fsp3) is 0.192. The van der Waals surface area contributed by atoms with Gasteiger partial charge in [0.05, 0.1) is 58.6 Å². The highest BCUT2D eigenvalue weighted by atomic mass is 35.5. The molecule has 0 aromatic heterocycles. The molecule has 3 aromatic carbocycles. The lowest BCUT2D eigenvalue weighted by atomic mass is 9.85. The Hall–Kier alpha value is -3.17. The number of anilines is 1. The zero-order chi connectivity index (χ0) is 27.5. The number of nitrogens with zero attached hydrogens (tertiary/aromatic N) is 2. The third-order valence-electron chi connectivity index (χ3n) is 6.58. The van der Waals surface area contributed by atoms with Gasteiger partial charge in [-0.1, -0.05) is 46.4 Å². The van der Waals surface area contributed by atoms with Crippen molar-refractivity contribution in [2.75, 3.05) is 26.2 Å². The molecule has 12 heteroatoms. The van der Waals surface area contributed by atoms with Gasteiger partial charge in [0.25, 0.3) is 17.7 Å². The Balaban J connectivity index is 1.67. The molecule has 2 heterocycles. The molecule has 0 saturated carbocycles. The van der Waals surface area contributed by atoms with Crippen LogP contribution >= 0.6 is 46.4 Å². The summed E-state index contributed by atoms with van der Waals surface area (Å²) < 4.78 is 16.2. The van der Waals surface area contributed by atoms with Crippen molar-refractivity contribution < 1.29 is 28.6 Å². The SMILES string of the molecule is COc1ccc(N2C(=O)[C@@H](N3C(=O)c4c(Cl)c(Cl)c(Cl)c(Cl)c4C3=O)[C@@H]2c2cc(OC)ccc2OC)cc1. The van der Waals surface area contributed by atoms with Crippen LogP contribution in [0.4, 0.5) is 5.69 Å². The summed E-state index contributed by atoms with van der Waals surface area (Å²) in [5, 5.41) is -0.755. The minimum Gasteiger partial charge on any atom is -0.497 e. The summed E-state index contributed by atoms with van der Waals surface area (Å²) >= 11 is 25.0. The number of carbonyl (C=O) groups is 3. The fourth-order valence-electron chi connectivity index (χ4n) is 4.75. The van der Waals surface area contributed by atoms with Crippen LogP contribution in [0.25, 0.3) is 0 Å². The first-order valence-electron chi connectivity index (χ1n) is 11.1. The molecular weight excluding hydrogens is 578 g/mol. The van der Waals surface area contributed by atoms with Gasteiger partial charge in [0.2, 0.25) is 0 Å². The summed E-state index contributed by atoms with van der Waals surface area (Å²) in [6.07, 6.45) is 0. The molecule has 2 aliphatic heterocycles. The smallest absolute Gasteiger partial charge is 0.264 e. The topological polar surface area (TPSA) is 85.4 Å². The standard InChI is InChI=1S/C26H18Cl4N2O6/c1-36-12-6-4-11(5-7-12)31-22(14-10-13(37-2)8-9-15(14)38-3)23(26(31)35)32-24(33)16-17(25(32)34)19(28)21(30)20(29)18(16)27/h4-10,22-23H,1-3H3/t22-,23-/m0/s1. The highest BCUT2D eigenvalue weighted by Gasteiger charge is 2.59. The van der Waals surface area contributed by atoms with Gasteiger partial charge in [-0.25, -0.2) is 0 Å². The van der Waals surface area contributed by atoms with Gasteiger partial charge in [-0.2, -0.15) is 0 Å². The van der Waals surface area contributed by atoms with Gasteiger partial charge in [-0.05, 0) is 42.5 Å². The Morgan fingerprint density at radius 1 is 0.632 bits per heavy atom. The molecule has 0 spiro atoms. The molecule has 1 fully saturated rings. The molecule has 38 heavy (non-hydrogen) atoms. The van der Waals surface area contributed by atoms with Crippen LogP contribution in [0.3, 0.4) is 0 Å². The molecule has 0 aliphatic carbocycles. The van der Waals surface area contributed by atoms with Crippen LogP contribution < -0.4 is 19.1 Å². The molecule has 2 aliphatic rings. The largest absolute Gasteiger partial charge is 0.497 e. The maximum Gasteiger partial charge on any atom is 0.264 e. The van der Waals surface area contributed by atoms with E-state index in [9.17, 15) is 14.4 Å². The summed E-state index contributed by atoms with van der Waals surface area (Å²) in [5.41, 5.74) is 0.615. The van der Waals surface area contributed by atoms with Gasteiger partial charge >= 0.3 is 0 Å². The molecule has 196 valence electrons. The summed E-state index contributed by atoms with van der Waals surface area (Å²) in [6.45, 7) is 0. The molecule has 8 nitrogen and oxygen atoms in total. The first-order valence-corrected chi connectivity index (χ1v) is 12.6. The Morgan fingerprint density at radius 2 is 1.16 bits per heavy atom. The van der Waals surface area contributed by atoms with Crippen molar-refractivity contribution in [1.29, 1.82) is 0 Å². The Bertz CT molecular complexity index is 1460. The number of hydrogen-bond acceptors (Lipinski definition) is 6. The molecule has 5 rings (SSSR count). The van der Waals surface area contributed by atoms with Crippen LogP contribution in [0.2, 0.25) is 20.1 Å². The van der Waals surface area contributed by atoms with Crippen molar-refractivity contribution in [1.82, 2.24) is 4.90 Å². The number of imide groups is 1. The lowest BCUT2D eigenvalue weighted by Crippen LogP contribution is -2.67. The fourth-order valence-corrected chi connectivity index (χ4v) is 5.77. The quantitative estimate of drug-likeness (QED) is 0.149. The number of hydrogen-bond donors (Lipinski definition) is 0. The average Bonchev–Trinajstić information content (AvgIpc) is 3.18. The van der Waals surface area contributed by atoms with E-state index in [2.05, 4.69) is 0 Å². The second-order valence-corrected chi connectivity index (χ2v) is 9.90. The molecular formula is C26H18Cl4N2O6. The number of carbonyl (C=O) groups excluding carboxylic acids is 3. The second kappa shape index (κ2) is 9.85. The van der Waals surface area contributed by atoms with Crippen LogP contribution in [0.15, 0.2) is 42.5 Å². The van der Waals surface area contributed by atoms with E-state index in [0.29, 0.717) is 28.5 Å². The number of amides is 3. The van der Waals surface area contributed by atoms with Crippen molar-refractivity contribution in [2.24, 2.45) is 0 Å². The molecule has 3 aromatic rings. The monoisotopic (exact) mass is 594 g/mol. The molecule has 0 radical (unpaired) electrons. The minimum absolute atomic E-state index is 0.161. The van der Waals surface area contributed by atoms with Crippen molar-refractivity contribution in [3.8, 4) is 17.2 Å². The van der Waals surface area contributed by atoms with Crippen molar-refractivity contribution in [2.45, 2.75) is 12.1 Å². The van der Waals surface area contributed by atoms with Crippen LogP contribution in [0, 0.1) is 0 Å². The second-order valence-electron chi connectivity index (χ2n) is 8.39. The first kappa shape index (κ1) is 26.4. The van der Waals surface area contributed by atoms with E-state index in [1.807, 2.05) is 0 Å². The lowest BCUT2D eigenvalue weighted by Gasteiger charge is -2.50. The van der Waals surface area contributed by atoms with E-state index in [4.69, 9.17) is 60.6 Å². The predicted octanol–water partition coefficient (Wildman–Crippen LogP) is 6.08. The molecule has 0 bridgehead atoms. The zero-order valence-electron chi connectivity index (χ0n) is 20.1. The van der Waals surface area contributed by atoms with E-state index in [0.717, 1.165) is 4.90 Å². The van der Waals surface area contributed by atoms with Gasteiger partial charge in [0.1, 0.15) is 23.3 Å². The van der Waals surface area contributed by atoms with E-state index >= 15 is 0 Å². The van der Waals surface area contributed by atoms with Gasteiger partial charge in [0.15, 0.2) is 0 Å². The normalized spacial score (nSPS) is 18.4. The van der Waals surface area contributed by atoms with E-state index < -0.39 is 29.8 Å². The van der Waals surface area contributed by atoms with Crippen LogP contribution in [-0.2, 0) is 4.79 Å². The maximum absolute atomic E-state index is 13.7. The van der Waals surface area contributed by atoms with Gasteiger partial charge in [0, 0.05) is 11.3 Å². The molecule has 2 atom stereocenters. The van der Waals surface area contributed by atoms with Crippen LogP contribution in [0.5, 0.6) is 17.2 Å². The molecule has 0 unspecified atom stereocenters. The molecule has 3 amide bonds. The van der Waals surface area contributed by atoms with Crippen molar-refractivity contribution in [3.05, 3.63) is 79.2 Å². The van der Waals surface area contributed by atoms with Crippen LogP contribution in [0.1, 0.15) is 32.3 Å². The van der Waals surface area contributed by atoms with E-state index in [1.165, 1.54) is 26.2 Å². The van der Waals surface area contributed by atoms with E-state index in [-0.39, 0.29) is 31.2 Å².